The average molecular weight is 320 g/mol. The first-order chi connectivity index (χ1) is 9.76. The largest absolute Gasteiger partial charge is 0.466 e. The summed E-state index contributed by atoms with van der Waals surface area (Å²) in [6.07, 6.45) is 1.73. The Labute approximate surface area is 126 Å². The Morgan fingerprint density at radius 3 is 2.67 bits per heavy atom. The topological polar surface area (TPSA) is 87.2 Å². The Hall–Kier alpha value is -0.700. The van der Waals surface area contributed by atoms with Crippen LogP contribution in [-0.4, -0.2) is 66.5 Å². The number of rotatable bonds is 4. The number of carbonyl (C=O) groups excluding carboxylic acids is 1. The van der Waals surface area contributed by atoms with E-state index >= 15 is 0 Å². The molecule has 2 fully saturated rings. The van der Waals surface area contributed by atoms with Crippen molar-refractivity contribution in [3.8, 4) is 0 Å². The summed E-state index contributed by atoms with van der Waals surface area (Å²) in [6, 6.07) is 0. The van der Waals surface area contributed by atoms with Crippen LogP contribution in [0.3, 0.4) is 0 Å². The Kier molecular flexibility index (Phi) is 4.92. The summed E-state index contributed by atoms with van der Waals surface area (Å²) in [7, 11) is -3.62. The minimum absolute atomic E-state index is 0.107. The van der Waals surface area contributed by atoms with Gasteiger partial charge in [0.2, 0.25) is 0 Å². The van der Waals surface area contributed by atoms with Crippen molar-refractivity contribution >= 4 is 16.2 Å². The van der Waals surface area contributed by atoms with Crippen LogP contribution < -0.4 is 0 Å². The molecule has 2 atom stereocenters. The number of β-amino-alcohol motifs (C(OH)–C–C–N with tert-alkyl or cyclic N) is 1. The van der Waals surface area contributed by atoms with Crippen LogP contribution in [0.25, 0.3) is 0 Å². The highest BCUT2D eigenvalue weighted by Crippen LogP contribution is 2.27. The number of nitrogens with zero attached hydrogens (tertiary/aromatic N) is 2. The van der Waals surface area contributed by atoms with Gasteiger partial charge in [0.15, 0.2) is 0 Å². The molecular weight excluding hydrogens is 296 g/mol. The quantitative estimate of drug-likeness (QED) is 0.735. The van der Waals surface area contributed by atoms with E-state index in [1.54, 1.807) is 13.8 Å². The van der Waals surface area contributed by atoms with Crippen molar-refractivity contribution < 1.29 is 23.1 Å². The smallest absolute Gasteiger partial charge is 0.310 e. The first-order valence-corrected chi connectivity index (χ1v) is 8.80. The van der Waals surface area contributed by atoms with Crippen LogP contribution in [0, 0.1) is 5.92 Å². The van der Waals surface area contributed by atoms with Crippen LogP contribution in [0.1, 0.15) is 33.1 Å². The van der Waals surface area contributed by atoms with Crippen molar-refractivity contribution in [3.05, 3.63) is 0 Å². The van der Waals surface area contributed by atoms with E-state index in [2.05, 4.69) is 0 Å². The number of hydrogen-bond donors (Lipinski definition) is 1. The molecule has 0 spiro atoms. The number of hydrogen-bond acceptors (Lipinski definition) is 5. The van der Waals surface area contributed by atoms with E-state index in [0.717, 1.165) is 0 Å². The third kappa shape index (κ3) is 3.74. The molecule has 0 bridgehead atoms. The molecule has 21 heavy (non-hydrogen) atoms. The molecule has 1 N–H and O–H groups in total. The summed E-state index contributed by atoms with van der Waals surface area (Å²) in [6.45, 7) is 4.68. The predicted molar refractivity (Wildman–Crippen MR) is 76.7 cm³/mol. The molecule has 8 heteroatoms. The lowest BCUT2D eigenvalue weighted by Crippen LogP contribution is -2.49. The summed E-state index contributed by atoms with van der Waals surface area (Å²) in [5.41, 5.74) is -0.969. The molecule has 7 nitrogen and oxygen atoms in total. The van der Waals surface area contributed by atoms with Crippen molar-refractivity contribution in [1.29, 1.82) is 0 Å². The van der Waals surface area contributed by atoms with Gasteiger partial charge in [0.05, 0.1) is 18.1 Å². The van der Waals surface area contributed by atoms with E-state index in [4.69, 9.17) is 4.74 Å². The third-order valence-corrected chi connectivity index (χ3v) is 6.02. The maximum atomic E-state index is 12.6. The van der Waals surface area contributed by atoms with Crippen LogP contribution in [0.5, 0.6) is 0 Å². The lowest BCUT2D eigenvalue weighted by molar-refractivity contribution is -0.149. The fourth-order valence-electron chi connectivity index (χ4n) is 2.87. The van der Waals surface area contributed by atoms with Gasteiger partial charge in [0.1, 0.15) is 0 Å². The molecule has 2 aliphatic rings. The second kappa shape index (κ2) is 6.20. The van der Waals surface area contributed by atoms with Crippen LogP contribution in [0.15, 0.2) is 0 Å². The van der Waals surface area contributed by atoms with Gasteiger partial charge in [-0.1, -0.05) is 0 Å². The van der Waals surface area contributed by atoms with Gasteiger partial charge < -0.3 is 9.84 Å². The molecule has 0 aromatic rings. The highest BCUT2D eigenvalue weighted by Gasteiger charge is 2.42. The van der Waals surface area contributed by atoms with E-state index < -0.39 is 21.7 Å². The lowest BCUT2D eigenvalue weighted by atomic mass is 10.0. The maximum Gasteiger partial charge on any atom is 0.310 e. The molecule has 2 unspecified atom stereocenters. The lowest BCUT2D eigenvalue weighted by Gasteiger charge is -2.33. The number of piperidine rings is 1. The fraction of sp³-hybridized carbons (Fsp3) is 0.923. The molecule has 0 amide bonds. The van der Waals surface area contributed by atoms with Crippen molar-refractivity contribution in [3.63, 3.8) is 0 Å². The molecule has 2 heterocycles. The number of aliphatic hydroxyl groups is 1. The third-order valence-electron chi connectivity index (χ3n) is 4.07. The zero-order valence-electron chi connectivity index (χ0n) is 12.6. The number of esters is 1. The summed E-state index contributed by atoms with van der Waals surface area (Å²) < 4.78 is 32.8. The first-order valence-electron chi connectivity index (χ1n) is 7.40. The molecule has 0 saturated carbocycles. The summed E-state index contributed by atoms with van der Waals surface area (Å²) in [5.74, 6) is -0.720. The van der Waals surface area contributed by atoms with Gasteiger partial charge in [-0.2, -0.15) is 17.0 Å². The summed E-state index contributed by atoms with van der Waals surface area (Å²) in [4.78, 5) is 11.8. The molecule has 0 aliphatic carbocycles. The fourth-order valence-corrected chi connectivity index (χ4v) is 4.69. The van der Waals surface area contributed by atoms with Gasteiger partial charge in [-0.15, -0.1) is 0 Å². The van der Waals surface area contributed by atoms with Gasteiger partial charge in [0.25, 0.3) is 10.2 Å². The Morgan fingerprint density at radius 2 is 2.10 bits per heavy atom. The highest BCUT2D eigenvalue weighted by molar-refractivity contribution is 7.86. The molecule has 2 rings (SSSR count). The standard InChI is InChI=1S/C13H24N2O5S/c1-3-20-12(16)11-5-4-7-14(9-11)21(18,19)15-8-6-13(2,17)10-15/h11,17H,3-10H2,1-2H3. The molecule has 122 valence electrons. The maximum absolute atomic E-state index is 12.6. The van der Waals surface area contributed by atoms with Gasteiger partial charge in [0, 0.05) is 26.2 Å². The van der Waals surface area contributed by atoms with Gasteiger partial charge in [-0.3, -0.25) is 4.79 Å². The zero-order valence-corrected chi connectivity index (χ0v) is 13.4. The van der Waals surface area contributed by atoms with Gasteiger partial charge >= 0.3 is 5.97 Å². The van der Waals surface area contributed by atoms with E-state index in [1.165, 1.54) is 8.61 Å². The summed E-state index contributed by atoms with van der Waals surface area (Å²) >= 11 is 0. The Morgan fingerprint density at radius 1 is 1.38 bits per heavy atom. The molecular formula is C13H24N2O5S. The van der Waals surface area contributed by atoms with Crippen LogP contribution >= 0.6 is 0 Å². The minimum Gasteiger partial charge on any atom is -0.466 e. The second-order valence-electron chi connectivity index (χ2n) is 6.04. The van der Waals surface area contributed by atoms with E-state index in [9.17, 15) is 18.3 Å². The highest BCUT2D eigenvalue weighted by atomic mass is 32.2. The van der Waals surface area contributed by atoms with E-state index in [0.29, 0.717) is 39.0 Å². The molecule has 0 aromatic heterocycles. The van der Waals surface area contributed by atoms with Crippen molar-refractivity contribution in [2.45, 2.75) is 38.7 Å². The van der Waals surface area contributed by atoms with Crippen LogP contribution in [0.2, 0.25) is 0 Å². The first kappa shape index (κ1) is 16.7. The van der Waals surface area contributed by atoms with Gasteiger partial charge in [-0.05, 0) is 33.1 Å². The van der Waals surface area contributed by atoms with E-state index in [-0.39, 0.29) is 19.1 Å². The summed E-state index contributed by atoms with van der Waals surface area (Å²) in [5, 5.41) is 9.94. The van der Waals surface area contributed by atoms with Crippen molar-refractivity contribution in [1.82, 2.24) is 8.61 Å². The number of carbonyl (C=O) groups is 1. The normalized spacial score (nSPS) is 32.2. The van der Waals surface area contributed by atoms with E-state index in [1.807, 2.05) is 0 Å². The Bertz CT molecular complexity index is 491. The molecule has 0 aromatic carbocycles. The van der Waals surface area contributed by atoms with Gasteiger partial charge in [-0.25, -0.2) is 0 Å². The molecule has 0 radical (unpaired) electrons. The zero-order chi connectivity index (χ0) is 15.7. The molecule has 2 aliphatic heterocycles. The second-order valence-corrected chi connectivity index (χ2v) is 7.97. The molecule has 2 saturated heterocycles. The van der Waals surface area contributed by atoms with Crippen LogP contribution in [0.4, 0.5) is 0 Å². The predicted octanol–water partition coefficient (Wildman–Crippen LogP) is -0.0370. The SMILES string of the molecule is CCOC(=O)C1CCCN(S(=O)(=O)N2CCC(C)(O)C2)C1. The van der Waals surface area contributed by atoms with Crippen molar-refractivity contribution in [2.75, 3.05) is 32.8 Å². The Balaban J connectivity index is 2.05. The van der Waals surface area contributed by atoms with Crippen molar-refractivity contribution in [2.24, 2.45) is 5.92 Å². The minimum atomic E-state index is -3.62. The monoisotopic (exact) mass is 320 g/mol. The number of ether oxygens (including phenoxy) is 1. The average Bonchev–Trinajstić information content (AvgIpc) is 2.80. The van der Waals surface area contributed by atoms with Crippen LogP contribution in [-0.2, 0) is 19.7 Å².